The highest BCUT2D eigenvalue weighted by atomic mass is 35.5. The lowest BCUT2D eigenvalue weighted by molar-refractivity contribution is 0.0949. The zero-order valence-corrected chi connectivity index (χ0v) is 17.8. The van der Waals surface area contributed by atoms with Crippen LogP contribution < -0.4 is 10.1 Å². The standard InChI is InChI=1S/C23H22ClNO4S/c24-21-13-6-4-9-18(21)17-29-22-14-7-5-12-20(22)23(26)25-15-8-16-30(27,28)19-10-2-1-3-11-19/h1-7,9-14H,8,15-17H2,(H,25,26). The predicted molar refractivity (Wildman–Crippen MR) is 118 cm³/mol. The normalized spacial score (nSPS) is 11.1. The van der Waals surface area contributed by atoms with E-state index >= 15 is 0 Å². The summed E-state index contributed by atoms with van der Waals surface area (Å²) in [6, 6.07) is 22.5. The van der Waals surface area contributed by atoms with Crippen LogP contribution in [0.15, 0.2) is 83.8 Å². The molecule has 1 amide bonds. The molecule has 0 aliphatic rings. The summed E-state index contributed by atoms with van der Waals surface area (Å²) in [6.07, 6.45) is 0.311. The maximum absolute atomic E-state index is 12.6. The monoisotopic (exact) mass is 443 g/mol. The number of ether oxygens (including phenoxy) is 1. The molecule has 30 heavy (non-hydrogen) atoms. The minimum absolute atomic E-state index is 0.0397. The molecule has 0 atom stereocenters. The third kappa shape index (κ3) is 5.84. The van der Waals surface area contributed by atoms with Crippen LogP contribution in [0.5, 0.6) is 5.75 Å². The van der Waals surface area contributed by atoms with Gasteiger partial charge in [-0.1, -0.05) is 60.1 Å². The Morgan fingerprint density at radius 2 is 1.57 bits per heavy atom. The molecule has 0 spiro atoms. The van der Waals surface area contributed by atoms with Gasteiger partial charge < -0.3 is 10.1 Å². The number of carbonyl (C=O) groups is 1. The van der Waals surface area contributed by atoms with Gasteiger partial charge in [-0.25, -0.2) is 8.42 Å². The molecule has 7 heteroatoms. The summed E-state index contributed by atoms with van der Waals surface area (Å²) in [6.45, 7) is 0.475. The van der Waals surface area contributed by atoms with Crippen LogP contribution in [0.1, 0.15) is 22.3 Å². The lowest BCUT2D eigenvalue weighted by atomic mass is 10.2. The van der Waals surface area contributed by atoms with Crippen molar-refractivity contribution in [1.29, 1.82) is 0 Å². The average Bonchev–Trinajstić information content (AvgIpc) is 2.77. The molecular weight excluding hydrogens is 422 g/mol. The van der Waals surface area contributed by atoms with E-state index < -0.39 is 9.84 Å². The Morgan fingerprint density at radius 1 is 0.900 bits per heavy atom. The van der Waals surface area contributed by atoms with Crippen LogP contribution in [-0.2, 0) is 16.4 Å². The van der Waals surface area contributed by atoms with Crippen LogP contribution in [0.2, 0.25) is 5.02 Å². The van der Waals surface area contributed by atoms with Crippen molar-refractivity contribution in [3.05, 3.63) is 95.0 Å². The van der Waals surface area contributed by atoms with Gasteiger partial charge in [-0.2, -0.15) is 0 Å². The Morgan fingerprint density at radius 3 is 2.33 bits per heavy atom. The van der Waals surface area contributed by atoms with Gasteiger partial charge in [0.15, 0.2) is 9.84 Å². The molecule has 3 aromatic carbocycles. The van der Waals surface area contributed by atoms with E-state index in [1.165, 1.54) is 0 Å². The zero-order chi connectivity index (χ0) is 21.4. The van der Waals surface area contributed by atoms with Gasteiger partial charge >= 0.3 is 0 Å². The van der Waals surface area contributed by atoms with Crippen LogP contribution in [0.4, 0.5) is 0 Å². The second kappa shape index (κ2) is 10.3. The van der Waals surface area contributed by atoms with Gasteiger partial charge in [-0.05, 0) is 36.8 Å². The molecule has 156 valence electrons. The van der Waals surface area contributed by atoms with Gasteiger partial charge in [0.25, 0.3) is 5.91 Å². The van der Waals surface area contributed by atoms with E-state index in [0.29, 0.717) is 22.8 Å². The van der Waals surface area contributed by atoms with E-state index in [4.69, 9.17) is 16.3 Å². The summed E-state index contributed by atoms with van der Waals surface area (Å²) in [4.78, 5) is 12.9. The molecular formula is C23H22ClNO4S. The Hall–Kier alpha value is -2.83. The molecule has 0 aliphatic heterocycles. The van der Waals surface area contributed by atoms with E-state index in [1.54, 1.807) is 60.7 Å². The number of nitrogens with one attached hydrogen (secondary N) is 1. The highest BCUT2D eigenvalue weighted by Crippen LogP contribution is 2.22. The fourth-order valence-electron chi connectivity index (χ4n) is 2.86. The van der Waals surface area contributed by atoms with E-state index in [-0.39, 0.29) is 29.7 Å². The number of hydrogen-bond acceptors (Lipinski definition) is 4. The van der Waals surface area contributed by atoms with Crippen LogP contribution >= 0.6 is 11.6 Å². The van der Waals surface area contributed by atoms with E-state index in [9.17, 15) is 13.2 Å². The summed E-state index contributed by atoms with van der Waals surface area (Å²) in [5.41, 5.74) is 1.20. The molecule has 5 nitrogen and oxygen atoms in total. The summed E-state index contributed by atoms with van der Waals surface area (Å²) in [7, 11) is -3.36. The van der Waals surface area contributed by atoms with Gasteiger partial charge in [0, 0.05) is 17.1 Å². The Kier molecular flexibility index (Phi) is 7.49. The van der Waals surface area contributed by atoms with E-state index in [1.807, 2.05) is 18.2 Å². The molecule has 3 rings (SSSR count). The quantitative estimate of drug-likeness (QED) is 0.494. The minimum atomic E-state index is -3.36. The van der Waals surface area contributed by atoms with Crippen molar-refractivity contribution in [1.82, 2.24) is 5.32 Å². The smallest absolute Gasteiger partial charge is 0.255 e. The molecule has 0 saturated heterocycles. The number of rotatable bonds is 9. The molecule has 0 saturated carbocycles. The Balaban J connectivity index is 1.55. The van der Waals surface area contributed by atoms with Crippen molar-refractivity contribution in [3.8, 4) is 5.75 Å². The number of para-hydroxylation sites is 1. The maximum Gasteiger partial charge on any atom is 0.255 e. The summed E-state index contributed by atoms with van der Waals surface area (Å²) in [5, 5.41) is 3.36. The van der Waals surface area contributed by atoms with Crippen molar-refractivity contribution in [2.24, 2.45) is 0 Å². The molecule has 3 aromatic rings. The second-order valence-corrected chi connectivity index (χ2v) is 9.13. The molecule has 0 radical (unpaired) electrons. The van der Waals surface area contributed by atoms with Crippen molar-refractivity contribution in [2.45, 2.75) is 17.9 Å². The highest BCUT2D eigenvalue weighted by molar-refractivity contribution is 7.91. The third-order valence-corrected chi connectivity index (χ3v) is 6.64. The van der Waals surface area contributed by atoms with Gasteiger partial charge in [0.1, 0.15) is 12.4 Å². The molecule has 0 bridgehead atoms. The Bertz CT molecular complexity index is 1100. The molecule has 1 N–H and O–H groups in total. The van der Waals surface area contributed by atoms with Crippen molar-refractivity contribution in [2.75, 3.05) is 12.3 Å². The fraction of sp³-hybridized carbons (Fsp3) is 0.174. The van der Waals surface area contributed by atoms with Gasteiger partial charge in [0.2, 0.25) is 0 Å². The zero-order valence-electron chi connectivity index (χ0n) is 16.3. The van der Waals surface area contributed by atoms with E-state index in [2.05, 4.69) is 5.32 Å². The Labute approximate surface area is 181 Å². The van der Waals surface area contributed by atoms with Gasteiger partial charge in [-0.15, -0.1) is 0 Å². The topological polar surface area (TPSA) is 72.5 Å². The average molecular weight is 444 g/mol. The van der Waals surface area contributed by atoms with Gasteiger partial charge in [0.05, 0.1) is 16.2 Å². The second-order valence-electron chi connectivity index (χ2n) is 6.62. The predicted octanol–water partition coefficient (Wildman–Crippen LogP) is 4.51. The molecule has 0 aromatic heterocycles. The molecule has 0 aliphatic carbocycles. The van der Waals surface area contributed by atoms with Crippen molar-refractivity contribution < 1.29 is 17.9 Å². The van der Waals surface area contributed by atoms with Crippen molar-refractivity contribution in [3.63, 3.8) is 0 Å². The number of benzene rings is 3. The van der Waals surface area contributed by atoms with Gasteiger partial charge in [-0.3, -0.25) is 4.79 Å². The van der Waals surface area contributed by atoms with Crippen LogP contribution in [-0.4, -0.2) is 26.6 Å². The van der Waals surface area contributed by atoms with Crippen LogP contribution in [0, 0.1) is 0 Å². The number of sulfone groups is 1. The lowest BCUT2D eigenvalue weighted by Crippen LogP contribution is -2.26. The van der Waals surface area contributed by atoms with Crippen LogP contribution in [0.25, 0.3) is 0 Å². The first kappa shape index (κ1) is 21.9. The lowest BCUT2D eigenvalue weighted by Gasteiger charge is -2.12. The molecule has 0 heterocycles. The first-order valence-electron chi connectivity index (χ1n) is 9.48. The highest BCUT2D eigenvalue weighted by Gasteiger charge is 2.15. The molecule has 0 fully saturated rings. The summed E-state index contributed by atoms with van der Waals surface area (Å²) < 4.78 is 30.4. The third-order valence-electron chi connectivity index (χ3n) is 4.45. The van der Waals surface area contributed by atoms with Crippen LogP contribution in [0.3, 0.4) is 0 Å². The first-order valence-corrected chi connectivity index (χ1v) is 11.5. The SMILES string of the molecule is O=C(NCCCS(=O)(=O)c1ccccc1)c1ccccc1OCc1ccccc1Cl. The number of amides is 1. The first-order chi connectivity index (χ1) is 14.5. The molecule has 0 unspecified atom stereocenters. The minimum Gasteiger partial charge on any atom is -0.488 e. The summed E-state index contributed by atoms with van der Waals surface area (Å²) in [5.74, 6) is 0.0794. The number of carbonyl (C=O) groups excluding carboxylic acids is 1. The number of halogens is 1. The maximum atomic E-state index is 12.6. The van der Waals surface area contributed by atoms with Crippen molar-refractivity contribution >= 4 is 27.3 Å². The fourth-order valence-corrected chi connectivity index (χ4v) is 4.38. The largest absolute Gasteiger partial charge is 0.488 e. The summed E-state index contributed by atoms with van der Waals surface area (Å²) >= 11 is 6.15. The number of hydrogen-bond donors (Lipinski definition) is 1. The van der Waals surface area contributed by atoms with E-state index in [0.717, 1.165) is 5.56 Å².